The highest BCUT2D eigenvalue weighted by Gasteiger charge is 2.29. The highest BCUT2D eigenvalue weighted by Crippen LogP contribution is 2.09. The molecule has 0 aliphatic carbocycles. The van der Waals surface area contributed by atoms with E-state index in [0.717, 1.165) is 6.92 Å². The van der Waals surface area contributed by atoms with Crippen molar-refractivity contribution in [1.29, 1.82) is 0 Å². The van der Waals surface area contributed by atoms with Crippen LogP contribution in [0, 0.1) is 0 Å². The van der Waals surface area contributed by atoms with Gasteiger partial charge in [-0.3, -0.25) is 4.55 Å². The van der Waals surface area contributed by atoms with E-state index >= 15 is 0 Å². The van der Waals surface area contributed by atoms with Crippen molar-refractivity contribution in [1.82, 2.24) is 0 Å². The Morgan fingerprint density at radius 3 is 1.85 bits per heavy atom. The Kier molecular flexibility index (Phi) is 3.82. The van der Waals surface area contributed by atoms with E-state index in [1.54, 1.807) is 0 Å². The third-order valence-corrected chi connectivity index (χ3v) is 3.95. The Labute approximate surface area is 76.8 Å². The summed E-state index contributed by atoms with van der Waals surface area (Å²) in [6.07, 6.45) is 0. The van der Waals surface area contributed by atoms with Crippen molar-refractivity contribution in [2.24, 2.45) is 5.73 Å². The largest absolute Gasteiger partial charge is 0.398 e. The second-order valence-corrected chi connectivity index (χ2v) is 6.02. The van der Waals surface area contributed by atoms with Gasteiger partial charge in [0.15, 0.2) is 15.3 Å². The average Bonchev–Trinajstić information content (AvgIpc) is 1.82. The lowest BCUT2D eigenvalue weighted by atomic mass is 10.8. The normalized spacial score (nSPS) is 18.2. The third-order valence-electron chi connectivity index (χ3n) is 1.24. The van der Waals surface area contributed by atoms with Crippen LogP contribution in [-0.2, 0) is 24.4 Å². The van der Waals surface area contributed by atoms with Crippen LogP contribution in [0.3, 0.4) is 0 Å². The lowest BCUT2D eigenvalue weighted by molar-refractivity contribution is 0.250. The molecule has 2 unspecified atom stereocenters. The molecule has 0 aliphatic heterocycles. The number of sulfone groups is 1. The maximum Gasteiger partial charge on any atom is 0.398 e. The summed E-state index contributed by atoms with van der Waals surface area (Å²) in [5, 5.41) is -1.26. The first-order valence-electron chi connectivity index (χ1n) is 3.21. The molecule has 0 bridgehead atoms. The fraction of sp³-hybridized carbons (Fsp3) is 1.00. The second kappa shape index (κ2) is 3.88. The lowest BCUT2D eigenvalue weighted by Gasteiger charge is -2.13. The molecule has 0 aromatic rings. The smallest absolute Gasteiger partial charge is 0.315 e. The third kappa shape index (κ3) is 4.00. The summed E-state index contributed by atoms with van der Waals surface area (Å²) in [5.74, 6) is 0. The van der Waals surface area contributed by atoms with Crippen LogP contribution in [0.1, 0.15) is 13.8 Å². The topological polar surface area (TPSA) is 124 Å². The van der Waals surface area contributed by atoms with Gasteiger partial charge in [0.25, 0.3) is 0 Å². The number of rotatable bonds is 4. The van der Waals surface area contributed by atoms with E-state index < -0.39 is 31.0 Å². The minimum Gasteiger partial charge on any atom is -0.315 e. The van der Waals surface area contributed by atoms with Crippen LogP contribution in [0.5, 0.6) is 0 Å². The molecule has 0 saturated carbocycles. The molecule has 13 heavy (non-hydrogen) atoms. The monoisotopic (exact) mass is 233 g/mol. The van der Waals surface area contributed by atoms with E-state index in [-0.39, 0.29) is 0 Å². The van der Waals surface area contributed by atoms with Gasteiger partial charge in [-0.2, -0.15) is 8.42 Å². The van der Waals surface area contributed by atoms with Gasteiger partial charge in [0, 0.05) is 0 Å². The predicted octanol–water partition coefficient (Wildman–Crippen LogP) is -1.13. The van der Waals surface area contributed by atoms with Gasteiger partial charge in [-0.1, -0.05) is 0 Å². The van der Waals surface area contributed by atoms with Gasteiger partial charge in [-0.05, 0) is 13.8 Å². The molecule has 0 heterocycles. The van der Waals surface area contributed by atoms with Gasteiger partial charge in [-0.15, -0.1) is 0 Å². The molecule has 0 fully saturated rings. The summed E-state index contributed by atoms with van der Waals surface area (Å²) < 4.78 is 54.4. The molecule has 0 aromatic heterocycles. The maximum absolute atomic E-state index is 11.1. The van der Waals surface area contributed by atoms with Crippen LogP contribution in [0.25, 0.3) is 0 Å². The van der Waals surface area contributed by atoms with Crippen molar-refractivity contribution in [3.05, 3.63) is 0 Å². The van der Waals surface area contributed by atoms with Crippen molar-refractivity contribution in [2.45, 2.75) is 24.7 Å². The molecule has 0 aliphatic rings. The van der Waals surface area contributed by atoms with Gasteiger partial charge in [0.1, 0.15) is 5.37 Å². The molecule has 0 amide bonds. The Bertz CT molecular complexity index is 354. The first kappa shape index (κ1) is 12.8. The minimum absolute atomic E-state index is 0.965. The molecule has 3 N–H and O–H groups in total. The Hall–Kier alpha value is -0.220. The van der Waals surface area contributed by atoms with E-state index in [1.807, 2.05) is 0 Å². The van der Waals surface area contributed by atoms with Crippen LogP contribution in [-0.4, -0.2) is 32.2 Å². The molecule has 0 rings (SSSR count). The van der Waals surface area contributed by atoms with Gasteiger partial charge >= 0.3 is 10.4 Å². The molecule has 7 nitrogen and oxygen atoms in total. The second-order valence-electron chi connectivity index (χ2n) is 2.39. The van der Waals surface area contributed by atoms with Crippen LogP contribution in [0.2, 0.25) is 0 Å². The fourth-order valence-corrected chi connectivity index (χ4v) is 2.21. The highest BCUT2D eigenvalue weighted by molar-refractivity contribution is 7.93. The SMILES string of the molecule is CC(N)S(=O)(=O)C(C)OS(=O)(=O)O. The molecular weight excluding hydrogens is 222 g/mol. The molecule has 9 heteroatoms. The summed E-state index contributed by atoms with van der Waals surface area (Å²) >= 11 is 0. The summed E-state index contributed by atoms with van der Waals surface area (Å²) in [4.78, 5) is 0. The number of nitrogens with two attached hydrogens (primary N) is 1. The fourth-order valence-electron chi connectivity index (χ4n) is 0.528. The highest BCUT2D eigenvalue weighted by atomic mass is 32.3. The van der Waals surface area contributed by atoms with E-state index in [4.69, 9.17) is 10.3 Å². The quantitative estimate of drug-likeness (QED) is 0.589. The zero-order valence-corrected chi connectivity index (χ0v) is 8.67. The Morgan fingerprint density at radius 2 is 1.62 bits per heavy atom. The van der Waals surface area contributed by atoms with Gasteiger partial charge in [0.2, 0.25) is 0 Å². The first-order valence-corrected chi connectivity index (χ1v) is 6.19. The first-order chi connectivity index (χ1) is 5.57. The molecule has 80 valence electrons. The molecule has 0 saturated heterocycles. The van der Waals surface area contributed by atoms with Crippen molar-refractivity contribution >= 4 is 20.2 Å². The van der Waals surface area contributed by atoms with E-state index in [1.165, 1.54) is 6.92 Å². The zero-order chi connectivity index (χ0) is 10.9. The van der Waals surface area contributed by atoms with Crippen LogP contribution in [0.4, 0.5) is 0 Å². The van der Waals surface area contributed by atoms with Crippen LogP contribution >= 0.6 is 0 Å². The number of hydrogen-bond acceptors (Lipinski definition) is 6. The Morgan fingerprint density at radius 1 is 1.23 bits per heavy atom. The van der Waals surface area contributed by atoms with Crippen molar-refractivity contribution in [3.63, 3.8) is 0 Å². The standard InChI is InChI=1S/C4H11NO6S2/c1-3(5)12(6,7)4(2)11-13(8,9)10/h3-4H,5H2,1-2H3,(H,8,9,10). The van der Waals surface area contributed by atoms with Gasteiger partial charge < -0.3 is 5.73 Å². The average molecular weight is 233 g/mol. The zero-order valence-electron chi connectivity index (χ0n) is 7.04. The van der Waals surface area contributed by atoms with Crippen LogP contribution < -0.4 is 5.73 Å². The van der Waals surface area contributed by atoms with E-state index in [2.05, 4.69) is 4.18 Å². The summed E-state index contributed by atoms with van der Waals surface area (Å²) in [7, 11) is -8.67. The molecule has 0 spiro atoms. The van der Waals surface area contributed by atoms with Gasteiger partial charge in [-0.25, -0.2) is 12.6 Å². The van der Waals surface area contributed by atoms with Crippen molar-refractivity contribution < 1.29 is 25.6 Å². The summed E-state index contributed by atoms with van der Waals surface area (Å²) in [6, 6.07) is 0. The molecular formula is C4H11NO6S2. The van der Waals surface area contributed by atoms with E-state index in [9.17, 15) is 16.8 Å². The lowest BCUT2D eigenvalue weighted by Crippen LogP contribution is -2.36. The van der Waals surface area contributed by atoms with Crippen LogP contribution in [0.15, 0.2) is 0 Å². The van der Waals surface area contributed by atoms with Crippen molar-refractivity contribution in [3.8, 4) is 0 Å². The van der Waals surface area contributed by atoms with Crippen molar-refractivity contribution in [2.75, 3.05) is 0 Å². The summed E-state index contributed by atoms with van der Waals surface area (Å²) in [5.41, 5.74) is 3.35. The number of hydrogen-bond donors (Lipinski definition) is 2. The Balaban J connectivity index is 4.74. The molecule has 2 atom stereocenters. The minimum atomic E-state index is -4.77. The molecule has 0 radical (unpaired) electrons. The maximum atomic E-state index is 11.1. The summed E-state index contributed by atoms with van der Waals surface area (Å²) in [6.45, 7) is 2.13. The predicted molar refractivity (Wildman–Crippen MR) is 44.7 cm³/mol. The molecule has 0 aromatic carbocycles. The van der Waals surface area contributed by atoms with Gasteiger partial charge in [0.05, 0.1) is 0 Å². The van der Waals surface area contributed by atoms with E-state index in [0.29, 0.717) is 0 Å².